The third-order valence-electron chi connectivity index (χ3n) is 3.92. The zero-order valence-corrected chi connectivity index (χ0v) is 13.5. The van der Waals surface area contributed by atoms with Gasteiger partial charge in [-0.3, -0.25) is 0 Å². The molecule has 1 N–H and O–H groups in total. The van der Waals surface area contributed by atoms with Gasteiger partial charge >= 0.3 is 0 Å². The highest BCUT2D eigenvalue weighted by molar-refractivity contribution is 7.12. The summed E-state index contributed by atoms with van der Waals surface area (Å²) in [5.74, 6) is 0. The lowest BCUT2D eigenvalue weighted by molar-refractivity contribution is 0.696. The van der Waals surface area contributed by atoms with Crippen LogP contribution in [0.15, 0.2) is 24.3 Å². The van der Waals surface area contributed by atoms with Crippen molar-refractivity contribution in [2.24, 2.45) is 0 Å². The fraction of sp³-hybridized carbons (Fsp3) is 0.353. The van der Waals surface area contributed by atoms with E-state index in [0.717, 1.165) is 5.69 Å². The first-order chi connectivity index (χ1) is 10.2. The zero-order chi connectivity index (χ0) is 14.8. The fourth-order valence-corrected chi connectivity index (χ4v) is 4.20. The van der Waals surface area contributed by atoms with E-state index in [4.69, 9.17) is 11.6 Å². The van der Waals surface area contributed by atoms with Gasteiger partial charge in [0.15, 0.2) is 0 Å². The van der Waals surface area contributed by atoms with Crippen molar-refractivity contribution in [2.75, 3.05) is 5.32 Å². The van der Waals surface area contributed by atoms with E-state index >= 15 is 0 Å². The van der Waals surface area contributed by atoms with Crippen molar-refractivity contribution in [3.8, 4) is 6.07 Å². The minimum Gasteiger partial charge on any atom is -0.377 e. The fourth-order valence-electron chi connectivity index (χ4n) is 2.76. The molecule has 1 atom stereocenters. The maximum Gasteiger partial charge on any atom is 0.101 e. The van der Waals surface area contributed by atoms with Crippen LogP contribution in [0.3, 0.4) is 0 Å². The molecule has 0 bridgehead atoms. The number of halogens is 1. The molecule has 3 rings (SSSR count). The monoisotopic (exact) mass is 316 g/mol. The number of hydrogen-bond acceptors (Lipinski definition) is 3. The second-order valence-corrected chi connectivity index (χ2v) is 7.08. The Labute approximate surface area is 134 Å². The molecule has 1 unspecified atom stereocenters. The van der Waals surface area contributed by atoms with Gasteiger partial charge in [-0.2, -0.15) is 5.26 Å². The van der Waals surface area contributed by atoms with Gasteiger partial charge < -0.3 is 5.32 Å². The molecule has 0 spiro atoms. The van der Waals surface area contributed by atoms with Gasteiger partial charge in [-0.05, 0) is 62.4 Å². The molecule has 2 nitrogen and oxygen atoms in total. The van der Waals surface area contributed by atoms with Crippen LogP contribution in [0.5, 0.6) is 0 Å². The van der Waals surface area contributed by atoms with Crippen LogP contribution in [0.4, 0.5) is 5.69 Å². The summed E-state index contributed by atoms with van der Waals surface area (Å²) >= 11 is 7.94. The second-order valence-electron chi connectivity index (χ2n) is 5.47. The van der Waals surface area contributed by atoms with Crippen LogP contribution in [0, 0.1) is 11.3 Å². The summed E-state index contributed by atoms with van der Waals surface area (Å²) in [6.45, 7) is 2.14. The normalized spacial score (nSPS) is 15.1. The van der Waals surface area contributed by atoms with E-state index in [9.17, 15) is 5.26 Å². The Balaban J connectivity index is 1.83. The summed E-state index contributed by atoms with van der Waals surface area (Å²) in [5.41, 5.74) is 2.96. The number of nitrogens with zero attached hydrogens (tertiary/aromatic N) is 1. The molecule has 0 radical (unpaired) electrons. The summed E-state index contributed by atoms with van der Waals surface area (Å²) in [5, 5.41) is 13.3. The van der Waals surface area contributed by atoms with E-state index in [1.807, 2.05) is 17.4 Å². The first-order valence-electron chi connectivity index (χ1n) is 7.25. The Morgan fingerprint density at radius 3 is 2.86 bits per heavy atom. The summed E-state index contributed by atoms with van der Waals surface area (Å²) in [6, 6.07) is 10.1. The first-order valence-corrected chi connectivity index (χ1v) is 8.44. The average Bonchev–Trinajstić information content (AvgIpc) is 2.91. The molecule has 0 aliphatic heterocycles. The minimum atomic E-state index is 0.186. The summed E-state index contributed by atoms with van der Waals surface area (Å²) < 4.78 is 0. The lowest BCUT2D eigenvalue weighted by Crippen LogP contribution is -2.06. The molecule has 1 aromatic carbocycles. The molecule has 21 heavy (non-hydrogen) atoms. The Morgan fingerprint density at radius 2 is 2.10 bits per heavy atom. The smallest absolute Gasteiger partial charge is 0.101 e. The Kier molecular flexibility index (Phi) is 4.19. The van der Waals surface area contributed by atoms with Crippen LogP contribution in [0.1, 0.15) is 46.7 Å². The number of nitriles is 1. The zero-order valence-electron chi connectivity index (χ0n) is 11.9. The maximum absolute atomic E-state index is 9.19. The molecule has 0 saturated carbocycles. The van der Waals surface area contributed by atoms with Gasteiger partial charge in [0.2, 0.25) is 0 Å². The number of aryl methyl sites for hydroxylation is 2. The Morgan fingerprint density at radius 1 is 1.29 bits per heavy atom. The number of fused-ring (bicyclic) bond motifs is 1. The van der Waals surface area contributed by atoms with Crippen LogP contribution in [-0.4, -0.2) is 0 Å². The molecule has 0 saturated heterocycles. The van der Waals surface area contributed by atoms with Crippen LogP contribution in [0.2, 0.25) is 5.02 Å². The van der Waals surface area contributed by atoms with Crippen LogP contribution in [-0.2, 0) is 12.8 Å². The topological polar surface area (TPSA) is 35.8 Å². The summed E-state index contributed by atoms with van der Waals surface area (Å²) in [6.07, 6.45) is 5.03. The van der Waals surface area contributed by atoms with E-state index in [1.165, 1.54) is 41.0 Å². The van der Waals surface area contributed by atoms with Gasteiger partial charge in [-0.25, -0.2) is 0 Å². The highest BCUT2D eigenvalue weighted by atomic mass is 35.5. The number of benzene rings is 1. The molecular formula is C17H17ClN2S. The third-order valence-corrected chi connectivity index (χ3v) is 5.57. The van der Waals surface area contributed by atoms with Crippen molar-refractivity contribution in [1.29, 1.82) is 5.26 Å². The highest BCUT2D eigenvalue weighted by Crippen LogP contribution is 2.34. The predicted molar refractivity (Wildman–Crippen MR) is 89.2 cm³/mol. The van der Waals surface area contributed by atoms with Crippen molar-refractivity contribution >= 4 is 28.6 Å². The van der Waals surface area contributed by atoms with E-state index in [0.29, 0.717) is 10.6 Å². The SMILES string of the molecule is CC(Nc1cc(Cl)ccc1C#N)c1cc2c(s1)CCCC2. The number of nitrogens with one attached hydrogen (secondary N) is 1. The van der Waals surface area contributed by atoms with E-state index in [2.05, 4.69) is 24.4 Å². The predicted octanol–water partition coefficient (Wildman–Crippen LogP) is 5.33. The lowest BCUT2D eigenvalue weighted by Gasteiger charge is -2.15. The summed E-state index contributed by atoms with van der Waals surface area (Å²) in [7, 11) is 0. The third kappa shape index (κ3) is 3.07. The maximum atomic E-state index is 9.19. The van der Waals surface area contributed by atoms with Gasteiger partial charge in [-0.1, -0.05) is 11.6 Å². The number of anilines is 1. The molecule has 0 amide bonds. The quantitative estimate of drug-likeness (QED) is 0.831. The van der Waals surface area contributed by atoms with Gasteiger partial charge in [0, 0.05) is 14.8 Å². The molecule has 1 heterocycles. The number of hydrogen-bond donors (Lipinski definition) is 1. The first kappa shape index (κ1) is 14.4. The van der Waals surface area contributed by atoms with Crippen LogP contribution < -0.4 is 5.32 Å². The lowest BCUT2D eigenvalue weighted by atomic mass is 9.99. The molecule has 1 aliphatic rings. The molecular weight excluding hydrogens is 300 g/mol. The van der Waals surface area contributed by atoms with Gasteiger partial charge in [0.05, 0.1) is 17.3 Å². The second kappa shape index (κ2) is 6.09. The number of rotatable bonds is 3. The minimum absolute atomic E-state index is 0.186. The van der Waals surface area contributed by atoms with E-state index in [1.54, 1.807) is 12.1 Å². The highest BCUT2D eigenvalue weighted by Gasteiger charge is 2.17. The average molecular weight is 317 g/mol. The van der Waals surface area contributed by atoms with Gasteiger partial charge in [0.1, 0.15) is 6.07 Å². The van der Waals surface area contributed by atoms with Crippen LogP contribution >= 0.6 is 22.9 Å². The summed E-state index contributed by atoms with van der Waals surface area (Å²) in [4.78, 5) is 2.88. The largest absolute Gasteiger partial charge is 0.377 e. The molecule has 1 aromatic heterocycles. The van der Waals surface area contributed by atoms with E-state index < -0.39 is 0 Å². The van der Waals surface area contributed by atoms with Crippen molar-refractivity contribution < 1.29 is 0 Å². The van der Waals surface area contributed by atoms with Crippen molar-refractivity contribution in [3.05, 3.63) is 50.2 Å². The number of thiophene rings is 1. The van der Waals surface area contributed by atoms with Crippen molar-refractivity contribution in [2.45, 2.75) is 38.6 Å². The van der Waals surface area contributed by atoms with Crippen LogP contribution in [0.25, 0.3) is 0 Å². The van der Waals surface area contributed by atoms with Gasteiger partial charge in [-0.15, -0.1) is 11.3 Å². The van der Waals surface area contributed by atoms with Gasteiger partial charge in [0.25, 0.3) is 0 Å². The molecule has 2 aromatic rings. The molecule has 4 heteroatoms. The molecule has 0 fully saturated rings. The van der Waals surface area contributed by atoms with Crippen molar-refractivity contribution in [1.82, 2.24) is 0 Å². The van der Waals surface area contributed by atoms with Crippen molar-refractivity contribution in [3.63, 3.8) is 0 Å². The standard InChI is InChI=1S/C17H17ClN2S/c1-11(17-8-12-4-2-3-5-16(12)21-17)20-15-9-14(18)7-6-13(15)10-19/h6-9,11,20H,2-5H2,1H3. The molecule has 1 aliphatic carbocycles. The molecule has 108 valence electrons. The Hall–Kier alpha value is -1.50. The Bertz CT molecular complexity index is 676. The van der Waals surface area contributed by atoms with E-state index in [-0.39, 0.29) is 6.04 Å².